The number of hydrogen-bond donors (Lipinski definition) is 3. The summed E-state index contributed by atoms with van der Waals surface area (Å²) in [6.07, 6.45) is 1.86. The van der Waals surface area contributed by atoms with E-state index in [0.29, 0.717) is 5.75 Å². The molecule has 1 aromatic carbocycles. The van der Waals surface area contributed by atoms with Gasteiger partial charge in [-0.05, 0) is 63.4 Å². The van der Waals surface area contributed by atoms with E-state index in [4.69, 9.17) is 10.5 Å². The number of hydrogen-bond acceptors (Lipinski definition) is 4. The van der Waals surface area contributed by atoms with E-state index >= 15 is 0 Å². The minimum Gasteiger partial charge on any atom is -0.507 e. The van der Waals surface area contributed by atoms with Crippen LogP contribution in [0.5, 0.6) is 5.75 Å². The fraction of sp³-hybridized carbons (Fsp3) is 0.462. The fourth-order valence-corrected chi connectivity index (χ4v) is 1.33. The van der Waals surface area contributed by atoms with E-state index in [1.807, 2.05) is 32.2 Å². The van der Waals surface area contributed by atoms with Gasteiger partial charge < -0.3 is 5.11 Å². The van der Waals surface area contributed by atoms with Crippen LogP contribution < -0.4 is 0 Å². The van der Waals surface area contributed by atoms with E-state index < -0.39 is 0 Å². The smallest absolute Gasteiger partial charge is 0.121 e. The first kappa shape index (κ1) is 15.6. The van der Waals surface area contributed by atoms with Crippen molar-refractivity contribution in [1.29, 1.82) is 0 Å². The summed E-state index contributed by atoms with van der Waals surface area (Å²) in [6.45, 7) is 9.98. The number of rotatable bonds is 1. The standard InChI is InChI=1S/C13H19NO.H2O2/c1-9-6-11(7-10(2)12(9)15)8-14-13(3,4)5;1-2/h6-8,15H,1-5H3;1-2H. The third kappa shape index (κ3) is 5.47. The average molecular weight is 239 g/mol. The number of nitrogens with zero attached hydrogens (tertiary/aromatic N) is 1. The Hall–Kier alpha value is -1.39. The second-order valence-corrected chi connectivity index (χ2v) is 4.93. The van der Waals surface area contributed by atoms with Crippen LogP contribution in [0.3, 0.4) is 0 Å². The molecule has 17 heavy (non-hydrogen) atoms. The molecule has 0 bridgehead atoms. The Balaban J connectivity index is 0.00000121. The molecule has 0 spiro atoms. The van der Waals surface area contributed by atoms with E-state index in [1.165, 1.54) is 0 Å². The Kier molecular flexibility index (Phi) is 5.85. The zero-order chi connectivity index (χ0) is 13.6. The zero-order valence-corrected chi connectivity index (χ0v) is 11.0. The van der Waals surface area contributed by atoms with E-state index in [2.05, 4.69) is 25.8 Å². The molecule has 0 aliphatic rings. The SMILES string of the molecule is Cc1cc(C=NC(C)(C)C)cc(C)c1O.OO. The second kappa shape index (κ2) is 6.37. The van der Waals surface area contributed by atoms with Crippen LogP contribution in [0.1, 0.15) is 37.5 Å². The van der Waals surface area contributed by atoms with Crippen molar-refractivity contribution < 1.29 is 15.6 Å². The van der Waals surface area contributed by atoms with Crippen molar-refractivity contribution in [3.05, 3.63) is 28.8 Å². The van der Waals surface area contributed by atoms with Crippen LogP contribution in [0.15, 0.2) is 17.1 Å². The van der Waals surface area contributed by atoms with E-state index in [-0.39, 0.29) is 5.54 Å². The Labute approximate surface area is 102 Å². The van der Waals surface area contributed by atoms with Crippen LogP contribution in [0, 0.1) is 13.8 Å². The van der Waals surface area contributed by atoms with Gasteiger partial charge in [-0.25, -0.2) is 0 Å². The average Bonchev–Trinajstić information content (AvgIpc) is 2.24. The molecule has 0 amide bonds. The Morgan fingerprint density at radius 1 is 1.06 bits per heavy atom. The number of phenols is 1. The highest BCUT2D eigenvalue weighted by atomic mass is 17.0. The first-order chi connectivity index (χ1) is 7.79. The quantitative estimate of drug-likeness (QED) is 0.400. The van der Waals surface area contributed by atoms with Gasteiger partial charge in [0.15, 0.2) is 0 Å². The third-order valence-corrected chi connectivity index (χ3v) is 2.11. The van der Waals surface area contributed by atoms with Crippen molar-refractivity contribution in [2.45, 2.75) is 40.2 Å². The zero-order valence-electron chi connectivity index (χ0n) is 11.0. The van der Waals surface area contributed by atoms with Crippen molar-refractivity contribution in [1.82, 2.24) is 0 Å². The van der Waals surface area contributed by atoms with Gasteiger partial charge in [-0.1, -0.05) is 0 Å². The molecule has 0 fully saturated rings. The molecule has 0 aliphatic carbocycles. The van der Waals surface area contributed by atoms with Crippen LogP contribution in [0.4, 0.5) is 0 Å². The lowest BCUT2D eigenvalue weighted by molar-refractivity contribution is -0.176. The summed E-state index contributed by atoms with van der Waals surface area (Å²) in [4.78, 5) is 4.43. The van der Waals surface area contributed by atoms with E-state index in [0.717, 1.165) is 16.7 Å². The lowest BCUT2D eigenvalue weighted by Gasteiger charge is -2.11. The molecule has 1 rings (SSSR count). The molecule has 0 radical (unpaired) electrons. The van der Waals surface area contributed by atoms with Crippen LogP contribution in [-0.4, -0.2) is 27.4 Å². The summed E-state index contributed by atoms with van der Waals surface area (Å²) in [5.74, 6) is 0.378. The van der Waals surface area contributed by atoms with Gasteiger partial charge in [0.1, 0.15) is 5.75 Å². The molecule has 4 nitrogen and oxygen atoms in total. The van der Waals surface area contributed by atoms with Crippen molar-refractivity contribution in [3.8, 4) is 5.75 Å². The van der Waals surface area contributed by atoms with Crippen molar-refractivity contribution >= 4 is 6.21 Å². The molecular formula is C13H21NO3. The topological polar surface area (TPSA) is 73.1 Å². The maximum absolute atomic E-state index is 9.61. The first-order valence-electron chi connectivity index (χ1n) is 5.35. The van der Waals surface area contributed by atoms with Crippen molar-refractivity contribution in [3.63, 3.8) is 0 Å². The lowest BCUT2D eigenvalue weighted by atomic mass is 10.1. The molecule has 96 valence electrons. The molecule has 4 heteroatoms. The lowest BCUT2D eigenvalue weighted by Crippen LogP contribution is -2.09. The summed E-state index contributed by atoms with van der Waals surface area (Å²) >= 11 is 0. The van der Waals surface area contributed by atoms with Gasteiger partial charge in [-0.2, -0.15) is 0 Å². The number of benzene rings is 1. The van der Waals surface area contributed by atoms with Gasteiger partial charge in [0.25, 0.3) is 0 Å². The Bertz CT molecular complexity index is 369. The summed E-state index contributed by atoms with van der Waals surface area (Å²) in [7, 11) is 0. The van der Waals surface area contributed by atoms with Crippen molar-refractivity contribution in [2.75, 3.05) is 0 Å². The minimum absolute atomic E-state index is 0.0559. The number of aliphatic imine (C=N–C) groups is 1. The molecule has 1 aromatic rings. The molecule has 0 saturated heterocycles. The molecule has 3 N–H and O–H groups in total. The molecule has 0 unspecified atom stereocenters. The van der Waals surface area contributed by atoms with Gasteiger partial charge in [-0.3, -0.25) is 15.5 Å². The second-order valence-electron chi connectivity index (χ2n) is 4.93. The molecule has 0 atom stereocenters. The highest BCUT2D eigenvalue weighted by Gasteiger charge is 2.06. The molecule has 0 aromatic heterocycles. The third-order valence-electron chi connectivity index (χ3n) is 2.11. The number of aromatic hydroxyl groups is 1. The summed E-state index contributed by atoms with van der Waals surface area (Å²) < 4.78 is 0. The highest BCUT2D eigenvalue weighted by Crippen LogP contribution is 2.22. The maximum Gasteiger partial charge on any atom is 0.121 e. The Morgan fingerprint density at radius 2 is 1.47 bits per heavy atom. The van der Waals surface area contributed by atoms with Crippen LogP contribution >= 0.6 is 0 Å². The van der Waals surface area contributed by atoms with Crippen molar-refractivity contribution in [2.24, 2.45) is 4.99 Å². The van der Waals surface area contributed by atoms with Gasteiger partial charge in [-0.15, -0.1) is 0 Å². The van der Waals surface area contributed by atoms with Crippen LogP contribution in [-0.2, 0) is 0 Å². The van der Waals surface area contributed by atoms with E-state index in [9.17, 15) is 5.11 Å². The summed E-state index contributed by atoms with van der Waals surface area (Å²) in [5, 5.41) is 21.6. The molecule has 0 heterocycles. The highest BCUT2D eigenvalue weighted by molar-refractivity contribution is 5.81. The molecular weight excluding hydrogens is 218 g/mol. The Morgan fingerprint density at radius 3 is 1.82 bits per heavy atom. The van der Waals surface area contributed by atoms with Gasteiger partial charge >= 0.3 is 0 Å². The number of phenolic OH excluding ortho intramolecular Hbond substituents is 1. The monoisotopic (exact) mass is 239 g/mol. The first-order valence-corrected chi connectivity index (χ1v) is 5.35. The fourth-order valence-electron chi connectivity index (χ4n) is 1.33. The molecule has 0 saturated carbocycles. The van der Waals surface area contributed by atoms with Crippen LogP contribution in [0.25, 0.3) is 0 Å². The van der Waals surface area contributed by atoms with Gasteiger partial charge in [0, 0.05) is 6.21 Å². The maximum atomic E-state index is 9.61. The predicted octanol–water partition coefficient (Wildman–Crippen LogP) is 3.24. The largest absolute Gasteiger partial charge is 0.507 e. The number of aryl methyl sites for hydroxylation is 2. The predicted molar refractivity (Wildman–Crippen MR) is 70.2 cm³/mol. The van der Waals surface area contributed by atoms with Gasteiger partial charge in [0.2, 0.25) is 0 Å². The molecule has 0 aliphatic heterocycles. The normalized spacial score (nSPS) is 11.2. The van der Waals surface area contributed by atoms with Gasteiger partial charge in [0.05, 0.1) is 5.54 Å². The van der Waals surface area contributed by atoms with Crippen LogP contribution in [0.2, 0.25) is 0 Å². The summed E-state index contributed by atoms with van der Waals surface area (Å²) in [5.41, 5.74) is 2.77. The van der Waals surface area contributed by atoms with E-state index in [1.54, 1.807) is 0 Å². The summed E-state index contributed by atoms with van der Waals surface area (Å²) in [6, 6.07) is 3.88. The minimum atomic E-state index is -0.0559.